The molecule has 132 valence electrons. The van der Waals surface area contributed by atoms with Gasteiger partial charge in [-0.3, -0.25) is 4.90 Å². The summed E-state index contributed by atoms with van der Waals surface area (Å²) in [5.41, 5.74) is 2.80. The normalized spacial score (nSPS) is 11.1. The molecule has 0 heterocycles. The number of hydrogen-bond acceptors (Lipinski definition) is 5. The smallest absolute Gasteiger partial charge is 0.0777 e. The van der Waals surface area contributed by atoms with Crippen molar-refractivity contribution in [2.75, 3.05) is 6.54 Å². The quantitative estimate of drug-likeness (QED) is 0.776. The summed E-state index contributed by atoms with van der Waals surface area (Å²) in [5, 5.41) is 0. The first-order valence-corrected chi connectivity index (χ1v) is 9.08. The van der Waals surface area contributed by atoms with Crippen LogP contribution in [0.15, 0.2) is 60.7 Å². The molecule has 0 aliphatic heterocycles. The average Bonchev–Trinajstić information content (AvgIpc) is 2.53. The fourth-order valence-electron chi connectivity index (χ4n) is 2.28. The summed E-state index contributed by atoms with van der Waals surface area (Å²) in [6.45, 7) is 5.50. The Hall–Kier alpha value is -1.47. The fraction of sp³-hybridized carbons (Fsp3) is 0.333. The molecule has 0 atom stereocenters. The first kappa shape index (κ1) is 20.6. The second-order valence-corrected chi connectivity index (χ2v) is 6.22. The van der Waals surface area contributed by atoms with E-state index in [0.29, 0.717) is 0 Å². The molecule has 5 nitrogen and oxygen atoms in total. The molecule has 1 N–H and O–H groups in total. The Balaban J connectivity index is 0.000000505. The lowest BCUT2D eigenvalue weighted by Crippen LogP contribution is -2.58. The number of hydrogen-bond donors (Lipinski definition) is 1. The van der Waals surface area contributed by atoms with Gasteiger partial charge in [-0.25, -0.2) is 0 Å². The number of benzene rings is 2. The molecule has 0 saturated heterocycles. The highest BCUT2D eigenvalue weighted by atomic mass is 35.7. The first-order valence-electron chi connectivity index (χ1n) is 7.82. The Labute approximate surface area is 145 Å². The van der Waals surface area contributed by atoms with Crippen LogP contribution < -0.4 is 14.0 Å². The van der Waals surface area contributed by atoms with Gasteiger partial charge in [-0.15, -0.1) is 0 Å². The van der Waals surface area contributed by atoms with Crippen molar-refractivity contribution in [3.63, 3.8) is 0 Å². The highest BCUT2D eigenvalue weighted by Gasteiger charge is 2.06. The zero-order valence-corrected chi connectivity index (χ0v) is 14.6. The monoisotopic (exact) mass is 353 g/mol. The standard InChI is InChI=1S/C18H23N.ClHO4/c1-2-3-14-19(15-17-10-6-4-7-11-17)16-18-12-8-5-9-13-18;2-1(3,4)5/h4-13H,2-3,14-16H2,1H3;(H,2,3,4,5). The van der Waals surface area contributed by atoms with E-state index in [1.165, 1.54) is 30.5 Å². The maximum atomic E-state index is 8.60. The maximum absolute atomic E-state index is 8.60. The van der Waals surface area contributed by atoms with Crippen molar-refractivity contribution in [3.05, 3.63) is 71.8 Å². The SMILES string of the molecule is CCCCN(Cc1ccccc1)Cc1ccccc1.[O-][Cl+3]([O-])([O-])O. The highest BCUT2D eigenvalue weighted by Crippen LogP contribution is 2.11. The van der Waals surface area contributed by atoms with Gasteiger partial charge in [0.2, 0.25) is 0 Å². The molecule has 0 bridgehead atoms. The molecule has 24 heavy (non-hydrogen) atoms. The average molecular weight is 354 g/mol. The van der Waals surface area contributed by atoms with Gasteiger partial charge in [-0.1, -0.05) is 74.0 Å². The van der Waals surface area contributed by atoms with Crippen LogP contribution in [0, 0.1) is 10.2 Å². The summed E-state index contributed by atoms with van der Waals surface area (Å²) in [6, 6.07) is 21.5. The third-order valence-electron chi connectivity index (χ3n) is 3.33. The minimum Gasteiger partial charge on any atom is -0.295 e. The van der Waals surface area contributed by atoms with E-state index in [0.717, 1.165) is 13.1 Å². The lowest BCUT2D eigenvalue weighted by atomic mass is 10.1. The minimum absolute atomic E-state index is 1.04. The Kier molecular flexibility index (Phi) is 9.56. The molecule has 0 aliphatic carbocycles. The van der Waals surface area contributed by atoms with Crippen molar-refractivity contribution in [3.8, 4) is 0 Å². The van der Waals surface area contributed by atoms with Gasteiger partial charge in [-0.05, 0) is 24.1 Å². The van der Waals surface area contributed by atoms with E-state index in [1.54, 1.807) is 0 Å². The van der Waals surface area contributed by atoms with Crippen LogP contribution in [0.4, 0.5) is 0 Å². The highest BCUT2D eigenvalue weighted by molar-refractivity contribution is 5.17. The molecule has 6 heteroatoms. The molecule has 2 aromatic carbocycles. The fourth-order valence-corrected chi connectivity index (χ4v) is 2.28. The summed E-state index contributed by atoms with van der Waals surface area (Å²) in [4.78, 5) is 2.54. The van der Waals surface area contributed by atoms with Gasteiger partial charge in [0.1, 0.15) is 0 Å². The van der Waals surface area contributed by atoms with E-state index in [4.69, 9.17) is 18.6 Å². The van der Waals surface area contributed by atoms with E-state index in [1.807, 2.05) is 0 Å². The Morgan fingerprint density at radius 3 is 1.54 bits per heavy atom. The van der Waals surface area contributed by atoms with Gasteiger partial charge < -0.3 is 0 Å². The molecule has 0 aliphatic rings. The summed E-state index contributed by atoms with van der Waals surface area (Å²) in [6.07, 6.45) is 2.51. The van der Waals surface area contributed by atoms with Crippen molar-refractivity contribution in [1.82, 2.24) is 4.90 Å². The van der Waals surface area contributed by atoms with Gasteiger partial charge in [0, 0.05) is 13.1 Å². The van der Waals surface area contributed by atoms with Crippen molar-refractivity contribution >= 4 is 0 Å². The van der Waals surface area contributed by atoms with Gasteiger partial charge in [-0.2, -0.15) is 14.0 Å². The Bertz CT molecular complexity index is 498. The lowest BCUT2D eigenvalue weighted by Gasteiger charge is -2.22. The van der Waals surface area contributed by atoms with Crippen LogP contribution >= 0.6 is 0 Å². The molecule has 2 aromatic rings. The van der Waals surface area contributed by atoms with E-state index in [2.05, 4.69) is 72.5 Å². The summed E-state index contributed by atoms with van der Waals surface area (Å²) >= 11 is 0. The van der Waals surface area contributed by atoms with Crippen LogP contribution in [-0.4, -0.2) is 16.1 Å². The van der Waals surface area contributed by atoms with E-state index >= 15 is 0 Å². The lowest BCUT2D eigenvalue weighted by molar-refractivity contribution is -1.92. The minimum atomic E-state index is -4.69. The van der Waals surface area contributed by atoms with Crippen molar-refractivity contribution in [2.45, 2.75) is 32.9 Å². The largest absolute Gasteiger partial charge is 0.295 e. The molecular formula is C18H24ClNO4. The van der Waals surface area contributed by atoms with Gasteiger partial charge in [0.05, 0.1) is 14.9 Å². The topological polar surface area (TPSA) is 92.7 Å². The van der Waals surface area contributed by atoms with Crippen LogP contribution in [0.25, 0.3) is 0 Å². The van der Waals surface area contributed by atoms with Crippen LogP contribution in [0.5, 0.6) is 0 Å². The van der Waals surface area contributed by atoms with Crippen LogP contribution in [-0.2, 0) is 13.1 Å². The molecule has 2 rings (SSSR count). The number of nitrogens with zero attached hydrogens (tertiary/aromatic N) is 1. The molecule has 0 fully saturated rings. The molecule has 0 radical (unpaired) electrons. The molecule has 0 saturated carbocycles. The van der Waals surface area contributed by atoms with E-state index < -0.39 is 10.2 Å². The maximum Gasteiger partial charge on any atom is 0.0777 e. The zero-order valence-electron chi connectivity index (χ0n) is 13.8. The summed E-state index contributed by atoms with van der Waals surface area (Å²) in [5.74, 6) is 0. The van der Waals surface area contributed by atoms with E-state index in [-0.39, 0.29) is 0 Å². The molecule has 0 aromatic heterocycles. The third-order valence-corrected chi connectivity index (χ3v) is 3.33. The Morgan fingerprint density at radius 2 is 1.21 bits per heavy atom. The molecule has 0 spiro atoms. The molecule has 0 unspecified atom stereocenters. The van der Waals surface area contributed by atoms with E-state index in [9.17, 15) is 0 Å². The summed E-state index contributed by atoms with van der Waals surface area (Å²) in [7, 11) is -4.69. The molecule has 0 amide bonds. The predicted molar refractivity (Wildman–Crippen MR) is 84.1 cm³/mol. The predicted octanol–water partition coefficient (Wildman–Crippen LogP) is 0.365. The van der Waals surface area contributed by atoms with Crippen LogP contribution in [0.1, 0.15) is 30.9 Å². The van der Waals surface area contributed by atoms with Crippen molar-refractivity contribution in [2.24, 2.45) is 0 Å². The van der Waals surface area contributed by atoms with Crippen molar-refractivity contribution in [1.29, 1.82) is 0 Å². The molecular weight excluding hydrogens is 330 g/mol. The van der Waals surface area contributed by atoms with Gasteiger partial charge >= 0.3 is 0 Å². The van der Waals surface area contributed by atoms with Gasteiger partial charge in [0.25, 0.3) is 0 Å². The van der Waals surface area contributed by atoms with Crippen LogP contribution in [0.2, 0.25) is 0 Å². The third kappa shape index (κ3) is 11.1. The first-order chi connectivity index (χ1) is 11.4. The second kappa shape index (κ2) is 11.1. The second-order valence-electron chi connectivity index (χ2n) is 5.43. The van der Waals surface area contributed by atoms with Gasteiger partial charge in [0.15, 0.2) is 0 Å². The zero-order chi connectivity index (χ0) is 17.8. The number of unbranched alkanes of at least 4 members (excludes halogenated alkanes) is 1. The number of rotatable bonds is 7. The number of halogens is 1. The summed E-state index contributed by atoms with van der Waals surface area (Å²) < 4.78 is 32.7. The van der Waals surface area contributed by atoms with Crippen molar-refractivity contribution < 1.29 is 28.9 Å². The van der Waals surface area contributed by atoms with Crippen LogP contribution in [0.3, 0.4) is 0 Å². The Morgan fingerprint density at radius 1 is 0.833 bits per heavy atom.